The van der Waals surface area contributed by atoms with Gasteiger partial charge in [0.2, 0.25) is 0 Å². The second-order valence-electron chi connectivity index (χ2n) is 6.21. The van der Waals surface area contributed by atoms with Gasteiger partial charge in [0.15, 0.2) is 0 Å². The maximum Gasteiger partial charge on any atom is 0.267 e. The zero-order chi connectivity index (χ0) is 19.7. The van der Waals surface area contributed by atoms with Crippen LogP contribution < -0.4 is 10.9 Å². The van der Waals surface area contributed by atoms with Crippen molar-refractivity contribution in [3.8, 4) is 0 Å². The van der Waals surface area contributed by atoms with E-state index in [0.717, 1.165) is 5.56 Å². The number of aryl methyl sites for hydroxylation is 1. The van der Waals surface area contributed by atoms with Gasteiger partial charge in [0.1, 0.15) is 10.6 Å². The fourth-order valence-electron chi connectivity index (χ4n) is 2.91. The van der Waals surface area contributed by atoms with Crippen LogP contribution in [-0.4, -0.2) is 20.4 Å². The molecule has 6 nitrogen and oxygen atoms in total. The standard InChI is InChI=1S/C20H15ClN4O2S/c1-12-16-19(23-11-25(20(16)27)10-13-5-3-2-4-6-13)28-17(12)18(26)24-15-9-14(21)7-8-22-15/h2-9,11H,10H2,1H3,(H,22,24,26). The number of nitrogens with one attached hydrogen (secondary N) is 1. The molecule has 1 amide bonds. The number of halogens is 1. The lowest BCUT2D eigenvalue weighted by Gasteiger charge is -2.05. The molecule has 0 radical (unpaired) electrons. The Morgan fingerprint density at radius 2 is 2.00 bits per heavy atom. The molecule has 0 fully saturated rings. The first kappa shape index (κ1) is 18.3. The Balaban J connectivity index is 1.69. The summed E-state index contributed by atoms with van der Waals surface area (Å²) in [6.07, 6.45) is 3.04. The maximum atomic E-state index is 13.0. The highest BCUT2D eigenvalue weighted by Crippen LogP contribution is 2.27. The van der Waals surface area contributed by atoms with Gasteiger partial charge in [0.25, 0.3) is 11.5 Å². The molecular weight excluding hydrogens is 396 g/mol. The van der Waals surface area contributed by atoms with Crippen molar-refractivity contribution in [2.24, 2.45) is 0 Å². The predicted molar refractivity (Wildman–Crippen MR) is 111 cm³/mol. The highest BCUT2D eigenvalue weighted by Gasteiger charge is 2.20. The Hall–Kier alpha value is -3.03. The lowest BCUT2D eigenvalue weighted by Crippen LogP contribution is -2.21. The number of fused-ring (bicyclic) bond motifs is 1. The average Bonchev–Trinajstić information content (AvgIpc) is 3.02. The number of hydrogen-bond donors (Lipinski definition) is 1. The molecule has 8 heteroatoms. The van der Waals surface area contributed by atoms with E-state index in [2.05, 4.69) is 15.3 Å². The molecule has 3 heterocycles. The van der Waals surface area contributed by atoms with Gasteiger partial charge in [-0.3, -0.25) is 14.2 Å². The molecule has 0 aliphatic rings. The molecular formula is C20H15ClN4O2S. The highest BCUT2D eigenvalue weighted by molar-refractivity contribution is 7.20. The van der Waals surface area contributed by atoms with Crippen LogP contribution in [0.4, 0.5) is 5.82 Å². The van der Waals surface area contributed by atoms with Crippen LogP contribution in [0.3, 0.4) is 0 Å². The van der Waals surface area contributed by atoms with Gasteiger partial charge in [-0.2, -0.15) is 0 Å². The van der Waals surface area contributed by atoms with Gasteiger partial charge >= 0.3 is 0 Å². The zero-order valence-electron chi connectivity index (χ0n) is 14.8. The average molecular weight is 411 g/mol. The number of thiophene rings is 1. The molecule has 4 rings (SSSR count). The Morgan fingerprint density at radius 3 is 2.75 bits per heavy atom. The normalized spacial score (nSPS) is 10.9. The first-order valence-electron chi connectivity index (χ1n) is 8.48. The Bertz CT molecular complexity index is 1230. The van der Waals surface area contributed by atoms with Crippen LogP contribution in [0.15, 0.2) is 59.8 Å². The van der Waals surface area contributed by atoms with Crippen molar-refractivity contribution >= 4 is 44.9 Å². The molecule has 0 unspecified atom stereocenters. The van der Waals surface area contributed by atoms with Crippen LogP contribution in [0.1, 0.15) is 20.8 Å². The van der Waals surface area contributed by atoms with E-state index in [4.69, 9.17) is 11.6 Å². The first-order chi connectivity index (χ1) is 13.5. The van der Waals surface area contributed by atoms with Crippen LogP contribution in [0.5, 0.6) is 0 Å². The van der Waals surface area contributed by atoms with Crippen LogP contribution in [0.25, 0.3) is 10.2 Å². The van der Waals surface area contributed by atoms with Crippen molar-refractivity contribution in [3.63, 3.8) is 0 Å². The topological polar surface area (TPSA) is 76.9 Å². The lowest BCUT2D eigenvalue weighted by atomic mass is 10.2. The largest absolute Gasteiger partial charge is 0.306 e. The van der Waals surface area contributed by atoms with Crippen LogP contribution in [0.2, 0.25) is 5.02 Å². The van der Waals surface area contributed by atoms with E-state index < -0.39 is 0 Å². The van der Waals surface area contributed by atoms with E-state index >= 15 is 0 Å². The number of rotatable bonds is 4. The molecule has 0 atom stereocenters. The molecule has 28 heavy (non-hydrogen) atoms. The Labute approximate surface area is 169 Å². The summed E-state index contributed by atoms with van der Waals surface area (Å²) in [6, 6.07) is 12.9. The van der Waals surface area contributed by atoms with Crippen molar-refractivity contribution in [2.45, 2.75) is 13.5 Å². The van der Waals surface area contributed by atoms with E-state index in [0.29, 0.717) is 38.0 Å². The zero-order valence-corrected chi connectivity index (χ0v) is 16.4. The van der Waals surface area contributed by atoms with E-state index in [1.807, 2.05) is 30.3 Å². The summed E-state index contributed by atoms with van der Waals surface area (Å²) < 4.78 is 1.55. The second kappa shape index (κ2) is 7.53. The third-order valence-electron chi connectivity index (χ3n) is 4.28. The Kier molecular flexibility index (Phi) is 4.93. The van der Waals surface area contributed by atoms with E-state index in [1.54, 1.807) is 23.6 Å². The minimum atomic E-state index is -0.343. The number of nitrogens with zero attached hydrogens (tertiary/aromatic N) is 3. The van der Waals surface area contributed by atoms with E-state index in [-0.39, 0.29) is 11.5 Å². The summed E-state index contributed by atoms with van der Waals surface area (Å²) in [4.78, 5) is 35.1. The quantitative estimate of drug-likeness (QED) is 0.549. The molecule has 0 aliphatic carbocycles. The summed E-state index contributed by atoms with van der Waals surface area (Å²) in [5, 5.41) is 3.66. The van der Waals surface area contributed by atoms with Gasteiger partial charge in [0, 0.05) is 11.2 Å². The molecule has 0 bridgehead atoms. The van der Waals surface area contributed by atoms with Gasteiger partial charge in [0.05, 0.1) is 23.1 Å². The van der Waals surface area contributed by atoms with E-state index in [9.17, 15) is 9.59 Å². The molecule has 0 saturated carbocycles. The van der Waals surface area contributed by atoms with Crippen LogP contribution in [-0.2, 0) is 6.54 Å². The maximum absolute atomic E-state index is 13.0. The molecule has 4 aromatic rings. The fourth-order valence-corrected chi connectivity index (χ4v) is 4.11. The number of carbonyl (C=O) groups excluding carboxylic acids is 1. The van der Waals surface area contributed by atoms with Crippen molar-refractivity contribution in [1.82, 2.24) is 14.5 Å². The molecule has 3 aromatic heterocycles. The highest BCUT2D eigenvalue weighted by atomic mass is 35.5. The molecule has 1 aromatic carbocycles. The second-order valence-corrected chi connectivity index (χ2v) is 7.65. The SMILES string of the molecule is Cc1c(C(=O)Nc2cc(Cl)ccn2)sc2ncn(Cc3ccccc3)c(=O)c12. The van der Waals surface area contributed by atoms with Gasteiger partial charge < -0.3 is 5.32 Å². The smallest absolute Gasteiger partial charge is 0.267 e. The van der Waals surface area contributed by atoms with Crippen LogP contribution in [0, 0.1) is 6.92 Å². The third kappa shape index (κ3) is 3.54. The van der Waals surface area contributed by atoms with Gasteiger partial charge in [-0.15, -0.1) is 11.3 Å². The summed E-state index contributed by atoms with van der Waals surface area (Å²) in [5.41, 5.74) is 1.45. The molecule has 0 spiro atoms. The van der Waals surface area contributed by atoms with Gasteiger partial charge in [-0.05, 0) is 30.2 Å². The summed E-state index contributed by atoms with van der Waals surface area (Å²) in [5.74, 6) is 0.00748. The predicted octanol–water partition coefficient (Wildman–Crippen LogP) is 4.12. The fraction of sp³-hybridized carbons (Fsp3) is 0.100. The van der Waals surface area contributed by atoms with Gasteiger partial charge in [-0.25, -0.2) is 9.97 Å². The molecule has 1 N–H and O–H groups in total. The minimum absolute atomic E-state index is 0.164. The summed E-state index contributed by atoms with van der Waals surface area (Å²) in [7, 11) is 0. The third-order valence-corrected chi connectivity index (χ3v) is 5.72. The monoisotopic (exact) mass is 410 g/mol. The Morgan fingerprint density at radius 1 is 1.21 bits per heavy atom. The van der Waals surface area contributed by atoms with Gasteiger partial charge in [-0.1, -0.05) is 41.9 Å². The summed E-state index contributed by atoms with van der Waals surface area (Å²) >= 11 is 7.12. The first-order valence-corrected chi connectivity index (χ1v) is 9.68. The van der Waals surface area contributed by atoms with Crippen LogP contribution >= 0.6 is 22.9 Å². The molecule has 0 saturated heterocycles. The number of amides is 1. The van der Waals surface area contributed by atoms with Crippen molar-refractivity contribution < 1.29 is 4.79 Å². The molecule has 0 aliphatic heterocycles. The number of carbonyl (C=O) groups is 1. The summed E-state index contributed by atoms with van der Waals surface area (Å²) in [6.45, 7) is 2.18. The molecule has 140 valence electrons. The minimum Gasteiger partial charge on any atom is -0.306 e. The van der Waals surface area contributed by atoms with Crippen molar-refractivity contribution in [1.29, 1.82) is 0 Å². The number of benzene rings is 1. The number of anilines is 1. The lowest BCUT2D eigenvalue weighted by molar-refractivity contribution is 0.102. The number of aromatic nitrogens is 3. The number of pyridine rings is 1. The van der Waals surface area contributed by atoms with Crippen molar-refractivity contribution in [3.05, 3.63) is 86.4 Å². The van der Waals surface area contributed by atoms with E-state index in [1.165, 1.54) is 23.9 Å². The number of hydrogen-bond acceptors (Lipinski definition) is 5. The van der Waals surface area contributed by atoms with Crippen molar-refractivity contribution in [2.75, 3.05) is 5.32 Å².